The van der Waals surface area contributed by atoms with E-state index in [0.717, 1.165) is 5.69 Å². The number of nitrogens with zero attached hydrogens (tertiary/aromatic N) is 3. The highest BCUT2D eigenvalue weighted by molar-refractivity contribution is 5.71. The lowest BCUT2D eigenvalue weighted by Crippen LogP contribution is -1.82. The lowest BCUT2D eigenvalue weighted by molar-refractivity contribution is 0.419. The normalized spacial score (nSPS) is 10.7. The van der Waals surface area contributed by atoms with E-state index in [1.807, 2.05) is 0 Å². The van der Waals surface area contributed by atoms with Gasteiger partial charge in [-0.15, -0.1) is 0 Å². The lowest BCUT2D eigenvalue weighted by Gasteiger charge is -1.92. The minimum absolute atomic E-state index is 0.563. The standard InChI is InChI=1S/C9H6N4O2/c1-3-11-12-6(1)8-9(14-5-10-8)7-2-4-15-13-7/h1-5H,(H,11,12). The SMILES string of the molecule is c1cc(-c2ncoc2-c2ccon2)[nH]n1. The summed E-state index contributed by atoms with van der Waals surface area (Å²) in [6.45, 7) is 0. The highest BCUT2D eigenvalue weighted by atomic mass is 16.5. The molecule has 3 aromatic rings. The quantitative estimate of drug-likeness (QED) is 0.684. The largest absolute Gasteiger partial charge is 0.441 e. The Morgan fingerprint density at radius 1 is 1.27 bits per heavy atom. The molecule has 6 nitrogen and oxygen atoms in total. The van der Waals surface area contributed by atoms with Gasteiger partial charge in [-0.2, -0.15) is 5.10 Å². The summed E-state index contributed by atoms with van der Waals surface area (Å²) < 4.78 is 10.00. The summed E-state index contributed by atoms with van der Waals surface area (Å²) in [6, 6.07) is 3.52. The Labute approximate surface area is 83.9 Å². The Morgan fingerprint density at radius 3 is 3.00 bits per heavy atom. The van der Waals surface area contributed by atoms with E-state index in [1.54, 1.807) is 18.3 Å². The molecule has 3 heterocycles. The molecule has 0 spiro atoms. The molecule has 0 aliphatic carbocycles. The van der Waals surface area contributed by atoms with Crippen molar-refractivity contribution < 1.29 is 8.94 Å². The van der Waals surface area contributed by atoms with Gasteiger partial charge in [0.05, 0.1) is 5.69 Å². The van der Waals surface area contributed by atoms with Gasteiger partial charge in [0, 0.05) is 12.3 Å². The van der Waals surface area contributed by atoms with Crippen LogP contribution in [0.1, 0.15) is 0 Å². The molecule has 74 valence electrons. The first-order chi connectivity index (χ1) is 7.45. The van der Waals surface area contributed by atoms with E-state index in [9.17, 15) is 0 Å². The average molecular weight is 202 g/mol. The van der Waals surface area contributed by atoms with Crippen molar-refractivity contribution in [3.63, 3.8) is 0 Å². The fraction of sp³-hybridized carbons (Fsp3) is 0. The average Bonchev–Trinajstić information content (AvgIpc) is 3.01. The van der Waals surface area contributed by atoms with Gasteiger partial charge in [-0.25, -0.2) is 4.98 Å². The van der Waals surface area contributed by atoms with E-state index in [4.69, 9.17) is 8.94 Å². The van der Waals surface area contributed by atoms with Crippen LogP contribution >= 0.6 is 0 Å². The number of aromatic amines is 1. The van der Waals surface area contributed by atoms with Crippen LogP contribution in [0.15, 0.2) is 39.9 Å². The number of oxazole rings is 1. The van der Waals surface area contributed by atoms with E-state index < -0.39 is 0 Å². The van der Waals surface area contributed by atoms with Crippen molar-refractivity contribution in [2.75, 3.05) is 0 Å². The van der Waals surface area contributed by atoms with Crippen LogP contribution in [0.25, 0.3) is 22.8 Å². The molecule has 0 unspecified atom stereocenters. The Balaban J connectivity index is 2.15. The summed E-state index contributed by atoms with van der Waals surface area (Å²) in [5.74, 6) is 0.563. The monoisotopic (exact) mass is 202 g/mol. The van der Waals surface area contributed by atoms with E-state index in [-0.39, 0.29) is 0 Å². The van der Waals surface area contributed by atoms with Crippen molar-refractivity contribution >= 4 is 0 Å². The first kappa shape index (κ1) is 7.98. The van der Waals surface area contributed by atoms with Gasteiger partial charge in [0.25, 0.3) is 0 Å². The molecule has 0 saturated carbocycles. The summed E-state index contributed by atoms with van der Waals surface area (Å²) in [5.41, 5.74) is 2.06. The molecular formula is C9H6N4O2. The molecule has 0 fully saturated rings. The van der Waals surface area contributed by atoms with Crippen LogP contribution in [0.5, 0.6) is 0 Å². The van der Waals surface area contributed by atoms with Gasteiger partial charge in [-0.1, -0.05) is 5.16 Å². The van der Waals surface area contributed by atoms with Crippen LogP contribution in [-0.2, 0) is 0 Å². The number of rotatable bonds is 2. The van der Waals surface area contributed by atoms with Gasteiger partial charge in [-0.3, -0.25) is 5.10 Å². The summed E-state index contributed by atoms with van der Waals surface area (Å²) in [6.07, 6.45) is 4.49. The van der Waals surface area contributed by atoms with Crippen molar-refractivity contribution in [3.8, 4) is 22.8 Å². The summed E-state index contributed by atoms with van der Waals surface area (Å²) in [7, 11) is 0. The number of H-pyrrole nitrogens is 1. The third-order valence-corrected chi connectivity index (χ3v) is 1.99. The Morgan fingerprint density at radius 2 is 2.27 bits per heavy atom. The Bertz CT molecular complexity index is 490. The van der Waals surface area contributed by atoms with Gasteiger partial charge in [0.2, 0.25) is 0 Å². The first-order valence-electron chi connectivity index (χ1n) is 4.29. The zero-order valence-electron chi connectivity index (χ0n) is 7.54. The predicted octanol–water partition coefficient (Wildman–Crippen LogP) is 1.72. The maximum absolute atomic E-state index is 5.25. The van der Waals surface area contributed by atoms with E-state index in [1.165, 1.54) is 12.7 Å². The molecular weight excluding hydrogens is 196 g/mol. The van der Waals surface area contributed by atoms with Gasteiger partial charge in [-0.05, 0) is 6.07 Å². The second kappa shape index (κ2) is 3.09. The minimum Gasteiger partial charge on any atom is -0.441 e. The third kappa shape index (κ3) is 1.23. The van der Waals surface area contributed by atoms with Gasteiger partial charge in [0.15, 0.2) is 17.8 Å². The molecule has 0 radical (unpaired) electrons. The van der Waals surface area contributed by atoms with Gasteiger partial charge in [0.1, 0.15) is 12.0 Å². The number of aromatic nitrogens is 4. The van der Waals surface area contributed by atoms with Crippen LogP contribution in [0.3, 0.4) is 0 Å². The zero-order chi connectivity index (χ0) is 10.1. The molecule has 0 aliphatic rings. The van der Waals surface area contributed by atoms with Crippen LogP contribution in [-0.4, -0.2) is 20.3 Å². The number of nitrogens with one attached hydrogen (secondary N) is 1. The molecule has 0 bridgehead atoms. The summed E-state index contributed by atoms with van der Waals surface area (Å²) in [5, 5.41) is 10.4. The van der Waals surface area contributed by atoms with E-state index >= 15 is 0 Å². The molecule has 0 atom stereocenters. The highest BCUT2D eigenvalue weighted by Crippen LogP contribution is 2.28. The predicted molar refractivity (Wildman–Crippen MR) is 49.6 cm³/mol. The molecule has 1 N–H and O–H groups in total. The van der Waals surface area contributed by atoms with Crippen molar-refractivity contribution in [2.24, 2.45) is 0 Å². The molecule has 0 amide bonds. The fourth-order valence-electron chi connectivity index (χ4n) is 1.34. The van der Waals surface area contributed by atoms with Gasteiger partial charge >= 0.3 is 0 Å². The third-order valence-electron chi connectivity index (χ3n) is 1.99. The molecule has 0 aromatic carbocycles. The molecule has 3 aromatic heterocycles. The first-order valence-corrected chi connectivity index (χ1v) is 4.29. The Kier molecular flexibility index (Phi) is 1.64. The van der Waals surface area contributed by atoms with E-state index in [0.29, 0.717) is 17.1 Å². The van der Waals surface area contributed by atoms with Gasteiger partial charge < -0.3 is 8.94 Å². The summed E-state index contributed by atoms with van der Waals surface area (Å²) in [4.78, 5) is 4.10. The van der Waals surface area contributed by atoms with Crippen LogP contribution in [0.4, 0.5) is 0 Å². The maximum Gasteiger partial charge on any atom is 0.185 e. The maximum atomic E-state index is 5.25. The second-order valence-corrected chi connectivity index (χ2v) is 2.89. The highest BCUT2D eigenvalue weighted by Gasteiger charge is 2.15. The fourth-order valence-corrected chi connectivity index (χ4v) is 1.34. The van der Waals surface area contributed by atoms with Crippen LogP contribution < -0.4 is 0 Å². The zero-order valence-corrected chi connectivity index (χ0v) is 7.54. The van der Waals surface area contributed by atoms with Crippen molar-refractivity contribution in [2.45, 2.75) is 0 Å². The van der Waals surface area contributed by atoms with Crippen LogP contribution in [0, 0.1) is 0 Å². The van der Waals surface area contributed by atoms with Crippen LogP contribution in [0.2, 0.25) is 0 Å². The second-order valence-electron chi connectivity index (χ2n) is 2.89. The topological polar surface area (TPSA) is 80.7 Å². The Hall–Kier alpha value is -2.37. The number of hydrogen-bond donors (Lipinski definition) is 1. The van der Waals surface area contributed by atoms with Crippen molar-refractivity contribution in [1.29, 1.82) is 0 Å². The van der Waals surface area contributed by atoms with Crippen molar-refractivity contribution in [3.05, 3.63) is 31.0 Å². The smallest absolute Gasteiger partial charge is 0.185 e. The lowest BCUT2D eigenvalue weighted by atomic mass is 10.2. The molecule has 3 rings (SSSR count). The molecule has 0 saturated heterocycles. The minimum atomic E-state index is 0.563. The molecule has 0 aliphatic heterocycles. The van der Waals surface area contributed by atoms with E-state index in [2.05, 4.69) is 20.3 Å². The molecule has 6 heteroatoms. The summed E-state index contributed by atoms with van der Waals surface area (Å²) >= 11 is 0. The number of hydrogen-bond acceptors (Lipinski definition) is 5. The molecule has 15 heavy (non-hydrogen) atoms. The van der Waals surface area contributed by atoms with Crippen molar-refractivity contribution in [1.82, 2.24) is 20.3 Å².